The molecule has 166 valence electrons. The molecule has 0 amide bonds. The number of piperidine rings is 1. The van der Waals surface area contributed by atoms with Crippen LogP contribution in [0.15, 0.2) is 60.7 Å². The zero-order valence-corrected chi connectivity index (χ0v) is 18.0. The summed E-state index contributed by atoms with van der Waals surface area (Å²) in [5, 5.41) is 16.0. The van der Waals surface area contributed by atoms with Crippen molar-refractivity contribution in [1.29, 1.82) is 5.26 Å². The highest BCUT2D eigenvalue weighted by Gasteiger charge is 2.34. The first-order valence-corrected chi connectivity index (χ1v) is 11.0. The molecule has 4 aromatic rings. The number of hydrogen-bond acceptors (Lipinski definition) is 4. The van der Waals surface area contributed by atoms with Crippen molar-refractivity contribution in [2.75, 3.05) is 25.0 Å². The van der Waals surface area contributed by atoms with Crippen LogP contribution in [0.25, 0.3) is 22.2 Å². The maximum Gasteiger partial charge on any atom is 0.201 e. The largest absolute Gasteiger partial charge is 0.355 e. The summed E-state index contributed by atoms with van der Waals surface area (Å²) in [5.74, 6) is -1.30. The SMILES string of the molecule is N#Cc1cccc(-c2ccc(C3(CNc4nc5cc(F)c(F)cc5[nH]4)CCNCC3)cc2)c1. The Kier molecular flexibility index (Phi) is 5.53. The lowest BCUT2D eigenvalue weighted by Crippen LogP contribution is -2.44. The van der Waals surface area contributed by atoms with Gasteiger partial charge in [0.2, 0.25) is 5.95 Å². The number of benzene rings is 3. The molecule has 0 radical (unpaired) electrons. The number of halogens is 2. The van der Waals surface area contributed by atoms with Crippen LogP contribution in [-0.2, 0) is 5.41 Å². The van der Waals surface area contributed by atoms with Gasteiger partial charge in [-0.2, -0.15) is 5.26 Å². The number of rotatable bonds is 5. The van der Waals surface area contributed by atoms with Crippen LogP contribution in [0.4, 0.5) is 14.7 Å². The second-order valence-electron chi connectivity index (χ2n) is 8.52. The molecule has 0 atom stereocenters. The van der Waals surface area contributed by atoms with E-state index in [0.29, 0.717) is 29.1 Å². The highest BCUT2D eigenvalue weighted by molar-refractivity contribution is 5.77. The summed E-state index contributed by atoms with van der Waals surface area (Å²) in [6.07, 6.45) is 1.90. The molecule has 3 N–H and O–H groups in total. The molecule has 33 heavy (non-hydrogen) atoms. The topological polar surface area (TPSA) is 76.5 Å². The van der Waals surface area contributed by atoms with Crippen molar-refractivity contribution in [2.45, 2.75) is 18.3 Å². The summed E-state index contributed by atoms with van der Waals surface area (Å²) in [5.41, 5.74) is 4.69. The van der Waals surface area contributed by atoms with Crippen LogP contribution in [0.3, 0.4) is 0 Å². The van der Waals surface area contributed by atoms with E-state index in [9.17, 15) is 14.0 Å². The van der Waals surface area contributed by atoms with Crippen LogP contribution in [-0.4, -0.2) is 29.6 Å². The average Bonchev–Trinajstić information content (AvgIpc) is 3.25. The summed E-state index contributed by atoms with van der Waals surface area (Å²) in [6, 6.07) is 20.5. The highest BCUT2D eigenvalue weighted by Crippen LogP contribution is 2.35. The monoisotopic (exact) mass is 443 g/mol. The Labute approximate surface area is 190 Å². The van der Waals surface area contributed by atoms with Crippen LogP contribution in [0, 0.1) is 23.0 Å². The van der Waals surface area contributed by atoms with E-state index < -0.39 is 11.6 Å². The maximum absolute atomic E-state index is 13.5. The van der Waals surface area contributed by atoms with Gasteiger partial charge in [0.15, 0.2) is 11.6 Å². The van der Waals surface area contributed by atoms with Gasteiger partial charge in [-0.15, -0.1) is 0 Å². The molecule has 0 bridgehead atoms. The molecule has 0 aliphatic carbocycles. The number of fused-ring (bicyclic) bond motifs is 1. The first-order valence-electron chi connectivity index (χ1n) is 11.0. The third-order valence-electron chi connectivity index (χ3n) is 6.50. The molecule has 1 aliphatic rings. The number of hydrogen-bond donors (Lipinski definition) is 3. The molecular formula is C26H23F2N5. The first kappa shape index (κ1) is 21.1. The van der Waals surface area contributed by atoms with Crippen molar-refractivity contribution in [1.82, 2.24) is 15.3 Å². The van der Waals surface area contributed by atoms with E-state index in [-0.39, 0.29) is 5.41 Å². The number of anilines is 1. The van der Waals surface area contributed by atoms with Crippen LogP contribution >= 0.6 is 0 Å². The molecule has 1 aliphatic heterocycles. The molecule has 1 fully saturated rings. The lowest BCUT2D eigenvalue weighted by molar-refractivity contribution is 0.322. The Morgan fingerprint density at radius 1 is 0.970 bits per heavy atom. The molecule has 0 spiro atoms. The van der Waals surface area contributed by atoms with E-state index in [2.05, 4.69) is 50.9 Å². The lowest BCUT2D eigenvalue weighted by Gasteiger charge is -2.38. The number of aromatic amines is 1. The van der Waals surface area contributed by atoms with Crippen molar-refractivity contribution < 1.29 is 8.78 Å². The fourth-order valence-electron chi connectivity index (χ4n) is 4.60. The standard InChI is InChI=1S/C26H23F2N5/c27-21-13-23-24(14-22(21)28)33-25(32-23)31-16-26(8-10-30-11-9-26)20-6-4-18(5-7-20)19-3-1-2-17(12-19)15-29/h1-7,12-14,30H,8-11,16H2,(H2,31,32,33). The molecule has 3 aromatic carbocycles. The second kappa shape index (κ2) is 8.64. The van der Waals surface area contributed by atoms with Gasteiger partial charge in [-0.1, -0.05) is 36.4 Å². The molecule has 0 unspecified atom stereocenters. The highest BCUT2D eigenvalue weighted by atomic mass is 19.2. The fourth-order valence-corrected chi connectivity index (χ4v) is 4.60. The summed E-state index contributed by atoms with van der Waals surface area (Å²) < 4.78 is 27.1. The van der Waals surface area contributed by atoms with Crippen LogP contribution < -0.4 is 10.6 Å². The molecular weight excluding hydrogens is 420 g/mol. The summed E-state index contributed by atoms with van der Waals surface area (Å²) in [7, 11) is 0. The van der Waals surface area contributed by atoms with E-state index >= 15 is 0 Å². The molecule has 1 saturated heterocycles. The molecule has 2 heterocycles. The molecule has 7 heteroatoms. The summed E-state index contributed by atoms with van der Waals surface area (Å²) >= 11 is 0. The zero-order chi connectivity index (χ0) is 22.8. The van der Waals surface area contributed by atoms with Crippen LogP contribution in [0.1, 0.15) is 24.0 Å². The zero-order valence-electron chi connectivity index (χ0n) is 18.0. The van der Waals surface area contributed by atoms with Crippen LogP contribution in [0.2, 0.25) is 0 Å². The lowest BCUT2D eigenvalue weighted by atomic mass is 9.73. The van der Waals surface area contributed by atoms with Gasteiger partial charge in [0, 0.05) is 24.1 Å². The van der Waals surface area contributed by atoms with Crippen LogP contribution in [0.5, 0.6) is 0 Å². The van der Waals surface area contributed by atoms with Crippen molar-refractivity contribution in [3.05, 3.63) is 83.4 Å². The normalized spacial score (nSPS) is 15.3. The molecule has 0 saturated carbocycles. The van der Waals surface area contributed by atoms with E-state index in [1.165, 1.54) is 5.56 Å². The van der Waals surface area contributed by atoms with Crippen molar-refractivity contribution in [3.63, 3.8) is 0 Å². The Morgan fingerprint density at radius 2 is 1.73 bits per heavy atom. The van der Waals surface area contributed by atoms with E-state index in [1.54, 1.807) is 6.07 Å². The van der Waals surface area contributed by atoms with E-state index in [1.807, 2.05) is 18.2 Å². The summed E-state index contributed by atoms with van der Waals surface area (Å²) in [4.78, 5) is 7.42. The predicted molar refractivity (Wildman–Crippen MR) is 125 cm³/mol. The van der Waals surface area contributed by atoms with Gasteiger partial charge in [-0.05, 0) is 54.8 Å². The maximum atomic E-state index is 13.5. The minimum atomic E-state index is -0.907. The number of nitrogens with zero attached hydrogens (tertiary/aromatic N) is 2. The van der Waals surface area contributed by atoms with Gasteiger partial charge in [-0.3, -0.25) is 0 Å². The van der Waals surface area contributed by atoms with E-state index in [4.69, 9.17) is 0 Å². The molecule has 5 nitrogen and oxygen atoms in total. The number of nitriles is 1. The number of nitrogens with one attached hydrogen (secondary N) is 3. The Morgan fingerprint density at radius 3 is 2.48 bits per heavy atom. The Hall–Kier alpha value is -3.76. The van der Waals surface area contributed by atoms with Gasteiger partial charge in [0.25, 0.3) is 0 Å². The number of H-pyrrole nitrogens is 1. The number of imidazole rings is 1. The third kappa shape index (κ3) is 4.18. The van der Waals surface area contributed by atoms with Crippen molar-refractivity contribution in [3.8, 4) is 17.2 Å². The fraction of sp³-hybridized carbons (Fsp3) is 0.231. The van der Waals surface area contributed by atoms with Gasteiger partial charge < -0.3 is 15.6 Å². The minimum absolute atomic E-state index is 0.103. The molecule has 5 rings (SSSR count). The van der Waals surface area contributed by atoms with Gasteiger partial charge in [0.05, 0.1) is 22.7 Å². The average molecular weight is 444 g/mol. The van der Waals surface area contributed by atoms with Gasteiger partial charge in [-0.25, -0.2) is 13.8 Å². The smallest absolute Gasteiger partial charge is 0.201 e. The predicted octanol–water partition coefficient (Wildman–Crippen LogP) is 5.11. The molecule has 1 aromatic heterocycles. The van der Waals surface area contributed by atoms with Gasteiger partial charge in [0.1, 0.15) is 0 Å². The van der Waals surface area contributed by atoms with Gasteiger partial charge >= 0.3 is 0 Å². The van der Waals surface area contributed by atoms with Crippen molar-refractivity contribution in [2.24, 2.45) is 0 Å². The first-order chi connectivity index (χ1) is 16.1. The second-order valence-corrected chi connectivity index (χ2v) is 8.52. The minimum Gasteiger partial charge on any atom is -0.355 e. The Balaban J connectivity index is 1.40. The summed E-state index contributed by atoms with van der Waals surface area (Å²) in [6.45, 7) is 2.46. The Bertz CT molecular complexity index is 1290. The number of aromatic nitrogens is 2. The van der Waals surface area contributed by atoms with Crippen molar-refractivity contribution >= 4 is 17.0 Å². The quantitative estimate of drug-likeness (QED) is 0.401. The van der Waals surface area contributed by atoms with E-state index in [0.717, 1.165) is 49.2 Å². The third-order valence-corrected chi connectivity index (χ3v) is 6.50.